The Bertz CT molecular complexity index is 783. The lowest BCUT2D eigenvalue weighted by Gasteiger charge is -1.98. The van der Waals surface area contributed by atoms with Crippen LogP contribution in [-0.4, -0.2) is 9.97 Å². The fraction of sp³-hybridized carbons (Fsp3) is 0. The van der Waals surface area contributed by atoms with Crippen molar-refractivity contribution >= 4 is 16.9 Å². The summed E-state index contributed by atoms with van der Waals surface area (Å²) >= 11 is 0. The summed E-state index contributed by atoms with van der Waals surface area (Å²) in [6, 6.07) is 17.3. The van der Waals surface area contributed by atoms with Crippen LogP contribution in [0.15, 0.2) is 54.6 Å². The van der Waals surface area contributed by atoms with Crippen molar-refractivity contribution in [3.05, 3.63) is 65.9 Å². The third kappa shape index (κ3) is 2.53. The lowest BCUT2D eigenvalue weighted by Crippen LogP contribution is -1.93. The zero-order chi connectivity index (χ0) is 13.1. The maximum absolute atomic E-state index is 5.65. The Morgan fingerprint density at radius 2 is 1.58 bits per heavy atom. The van der Waals surface area contributed by atoms with Crippen LogP contribution in [0.5, 0.6) is 0 Å². The van der Waals surface area contributed by atoms with Gasteiger partial charge in [-0.3, -0.25) is 0 Å². The van der Waals surface area contributed by atoms with E-state index in [-0.39, 0.29) is 0 Å². The molecule has 0 aliphatic carbocycles. The molecule has 0 radical (unpaired) electrons. The van der Waals surface area contributed by atoms with Crippen LogP contribution in [0.2, 0.25) is 0 Å². The standard InChI is InChI=1S/C16H11N3/c17-15-11-8-13-7-10-14(18-16(13)19-15)9-6-12-4-2-1-3-5-12/h1-5,7-8,10-11H,(H2,17,18,19). The topological polar surface area (TPSA) is 51.8 Å². The number of hydrogen-bond acceptors (Lipinski definition) is 3. The monoisotopic (exact) mass is 245 g/mol. The van der Waals surface area contributed by atoms with Crippen LogP contribution < -0.4 is 5.73 Å². The Morgan fingerprint density at radius 3 is 2.42 bits per heavy atom. The number of benzene rings is 1. The van der Waals surface area contributed by atoms with Crippen molar-refractivity contribution in [1.82, 2.24) is 9.97 Å². The highest BCUT2D eigenvalue weighted by Gasteiger charge is 1.98. The molecule has 0 saturated heterocycles. The van der Waals surface area contributed by atoms with Crippen LogP contribution in [0.25, 0.3) is 11.0 Å². The molecule has 0 fully saturated rings. The van der Waals surface area contributed by atoms with E-state index in [4.69, 9.17) is 5.73 Å². The highest BCUT2D eigenvalue weighted by atomic mass is 14.9. The molecule has 0 spiro atoms. The molecule has 90 valence electrons. The van der Waals surface area contributed by atoms with Gasteiger partial charge in [0.25, 0.3) is 0 Å². The molecule has 3 nitrogen and oxygen atoms in total. The number of anilines is 1. The summed E-state index contributed by atoms with van der Waals surface area (Å²) in [5.41, 5.74) is 7.93. The van der Waals surface area contributed by atoms with E-state index in [1.807, 2.05) is 48.5 Å². The molecule has 2 heterocycles. The van der Waals surface area contributed by atoms with E-state index in [2.05, 4.69) is 21.8 Å². The van der Waals surface area contributed by atoms with E-state index < -0.39 is 0 Å². The molecule has 0 aliphatic rings. The average molecular weight is 245 g/mol. The quantitative estimate of drug-likeness (QED) is 0.619. The fourth-order valence-electron chi connectivity index (χ4n) is 1.74. The summed E-state index contributed by atoms with van der Waals surface area (Å²) in [5, 5.41) is 0.958. The Labute approximate surface area is 111 Å². The summed E-state index contributed by atoms with van der Waals surface area (Å²) in [4.78, 5) is 8.58. The van der Waals surface area contributed by atoms with Crippen LogP contribution in [0.1, 0.15) is 11.3 Å². The molecule has 0 amide bonds. The zero-order valence-corrected chi connectivity index (χ0v) is 10.2. The van der Waals surface area contributed by atoms with E-state index in [0.717, 1.165) is 10.9 Å². The van der Waals surface area contributed by atoms with E-state index in [1.54, 1.807) is 6.07 Å². The van der Waals surface area contributed by atoms with E-state index >= 15 is 0 Å². The molecule has 3 heteroatoms. The van der Waals surface area contributed by atoms with Gasteiger partial charge in [0.1, 0.15) is 11.5 Å². The molecule has 0 atom stereocenters. The van der Waals surface area contributed by atoms with Gasteiger partial charge in [-0.05, 0) is 42.3 Å². The smallest absolute Gasteiger partial charge is 0.162 e. The Morgan fingerprint density at radius 1 is 0.789 bits per heavy atom. The van der Waals surface area contributed by atoms with Crippen molar-refractivity contribution in [3.63, 3.8) is 0 Å². The number of nitrogen functional groups attached to an aromatic ring is 1. The SMILES string of the molecule is Nc1ccc2ccc(C#Cc3ccccc3)nc2n1. The Kier molecular flexibility index (Phi) is 2.83. The molecule has 0 aliphatic heterocycles. The highest BCUT2D eigenvalue weighted by Crippen LogP contribution is 2.11. The zero-order valence-electron chi connectivity index (χ0n) is 10.2. The first kappa shape index (κ1) is 11.2. The maximum atomic E-state index is 5.65. The highest BCUT2D eigenvalue weighted by molar-refractivity contribution is 5.76. The lowest BCUT2D eigenvalue weighted by atomic mass is 10.2. The van der Waals surface area contributed by atoms with Crippen molar-refractivity contribution < 1.29 is 0 Å². The van der Waals surface area contributed by atoms with Crippen molar-refractivity contribution in [1.29, 1.82) is 0 Å². The van der Waals surface area contributed by atoms with Gasteiger partial charge >= 0.3 is 0 Å². The Hall–Kier alpha value is -2.86. The Balaban J connectivity index is 2.00. The second-order valence-electron chi connectivity index (χ2n) is 4.10. The molecule has 19 heavy (non-hydrogen) atoms. The molecule has 3 aromatic rings. The molecular formula is C16H11N3. The van der Waals surface area contributed by atoms with Crippen LogP contribution in [0, 0.1) is 11.8 Å². The minimum atomic E-state index is 0.466. The third-order valence-electron chi connectivity index (χ3n) is 2.68. The lowest BCUT2D eigenvalue weighted by molar-refractivity contribution is 1.27. The number of rotatable bonds is 0. The van der Waals surface area contributed by atoms with Crippen LogP contribution >= 0.6 is 0 Å². The average Bonchev–Trinajstić information content (AvgIpc) is 2.46. The number of nitrogens with two attached hydrogens (primary N) is 1. The first-order valence-electron chi connectivity index (χ1n) is 5.92. The van der Waals surface area contributed by atoms with Crippen LogP contribution in [0.3, 0.4) is 0 Å². The number of pyridine rings is 2. The molecule has 1 aromatic carbocycles. The van der Waals surface area contributed by atoms with E-state index in [1.165, 1.54) is 0 Å². The summed E-state index contributed by atoms with van der Waals surface area (Å²) in [7, 11) is 0. The first-order chi connectivity index (χ1) is 9.31. The van der Waals surface area contributed by atoms with Gasteiger partial charge in [0, 0.05) is 10.9 Å². The summed E-state index contributed by atoms with van der Waals surface area (Å²) < 4.78 is 0. The van der Waals surface area contributed by atoms with E-state index in [0.29, 0.717) is 17.2 Å². The van der Waals surface area contributed by atoms with Gasteiger partial charge in [0.2, 0.25) is 0 Å². The van der Waals surface area contributed by atoms with Crippen molar-refractivity contribution in [2.24, 2.45) is 0 Å². The van der Waals surface area contributed by atoms with Gasteiger partial charge in [-0.2, -0.15) is 0 Å². The normalized spacial score (nSPS) is 9.89. The van der Waals surface area contributed by atoms with Gasteiger partial charge in [0.05, 0.1) is 0 Å². The first-order valence-corrected chi connectivity index (χ1v) is 5.92. The van der Waals surface area contributed by atoms with Crippen molar-refractivity contribution in [2.75, 3.05) is 5.73 Å². The second-order valence-corrected chi connectivity index (χ2v) is 4.10. The predicted molar refractivity (Wildman–Crippen MR) is 76.4 cm³/mol. The maximum Gasteiger partial charge on any atom is 0.162 e. The molecule has 2 aromatic heterocycles. The molecule has 2 N–H and O–H groups in total. The van der Waals surface area contributed by atoms with Gasteiger partial charge in [0.15, 0.2) is 5.65 Å². The van der Waals surface area contributed by atoms with Crippen LogP contribution in [-0.2, 0) is 0 Å². The van der Waals surface area contributed by atoms with Crippen molar-refractivity contribution in [2.45, 2.75) is 0 Å². The van der Waals surface area contributed by atoms with Gasteiger partial charge in [-0.25, -0.2) is 9.97 Å². The summed E-state index contributed by atoms with van der Waals surface area (Å²) in [6.07, 6.45) is 0. The number of aromatic nitrogens is 2. The third-order valence-corrected chi connectivity index (χ3v) is 2.68. The molecular weight excluding hydrogens is 234 g/mol. The van der Waals surface area contributed by atoms with E-state index in [9.17, 15) is 0 Å². The number of nitrogens with zero attached hydrogens (tertiary/aromatic N) is 2. The van der Waals surface area contributed by atoms with Gasteiger partial charge in [-0.15, -0.1) is 0 Å². The fourth-order valence-corrected chi connectivity index (χ4v) is 1.74. The number of hydrogen-bond donors (Lipinski definition) is 1. The molecule has 0 unspecified atom stereocenters. The van der Waals surface area contributed by atoms with Crippen molar-refractivity contribution in [3.8, 4) is 11.8 Å². The van der Waals surface area contributed by atoms with Gasteiger partial charge < -0.3 is 5.73 Å². The molecule has 3 rings (SSSR count). The summed E-state index contributed by atoms with van der Waals surface area (Å²) in [6.45, 7) is 0. The molecule has 0 bridgehead atoms. The minimum absolute atomic E-state index is 0.466. The predicted octanol–water partition coefficient (Wildman–Crippen LogP) is 2.61. The largest absolute Gasteiger partial charge is 0.384 e. The summed E-state index contributed by atoms with van der Waals surface area (Å²) in [5.74, 6) is 6.57. The second kappa shape index (κ2) is 4.79. The minimum Gasteiger partial charge on any atom is -0.384 e. The van der Waals surface area contributed by atoms with Crippen LogP contribution in [0.4, 0.5) is 5.82 Å². The number of fused-ring (bicyclic) bond motifs is 1. The van der Waals surface area contributed by atoms with Gasteiger partial charge in [-0.1, -0.05) is 24.1 Å². The molecule has 0 saturated carbocycles.